The molecule has 0 spiro atoms. The van der Waals surface area contributed by atoms with Crippen molar-refractivity contribution in [2.24, 2.45) is 22.9 Å². The monoisotopic (exact) mass is 1470 g/mol. The Kier molecular flexibility index (Phi) is 31.5. The number of carbonyl (C=O) groups excluding carboxylic acids is 5. The molecule has 41 nitrogen and oxygen atoms in total. The fourth-order valence-corrected chi connectivity index (χ4v) is 9.23. The molecule has 0 saturated carbocycles. The van der Waals surface area contributed by atoms with Gasteiger partial charge in [-0.1, -0.05) is 0 Å². The Labute approximate surface area is 599 Å². The molecule has 0 saturated heterocycles. The second-order valence-corrected chi connectivity index (χ2v) is 22.8. The molecule has 3 amide bonds. The number of amides is 3. The van der Waals surface area contributed by atoms with Gasteiger partial charge in [-0.25, -0.2) is 39.5 Å². The number of carbonyl (C=O) groups is 9. The number of hydrogen-bond donors (Lipinski definition) is 20. The summed E-state index contributed by atoms with van der Waals surface area (Å²) < 4.78 is 0. The van der Waals surface area contributed by atoms with Gasteiger partial charge in [-0.15, -0.1) is 0 Å². The van der Waals surface area contributed by atoms with E-state index in [0.717, 1.165) is 0 Å². The first-order valence-corrected chi connectivity index (χ1v) is 32.4. The van der Waals surface area contributed by atoms with E-state index < -0.39 is 76.4 Å². The summed E-state index contributed by atoms with van der Waals surface area (Å²) >= 11 is 0. The number of nitrogen functional groups attached to an aromatic ring is 3. The summed E-state index contributed by atoms with van der Waals surface area (Å²) in [5.74, 6) is -6.90. The maximum atomic E-state index is 12.6. The molecule has 9 rings (SSSR count). The normalized spacial score (nSPS) is 11.5. The van der Waals surface area contributed by atoms with Gasteiger partial charge in [0, 0.05) is 78.9 Å². The predicted molar refractivity (Wildman–Crippen MR) is 385 cm³/mol. The highest BCUT2D eigenvalue weighted by atomic mass is 16.4. The first-order chi connectivity index (χ1) is 50.7. The molecule has 41 heteroatoms. The van der Waals surface area contributed by atoms with Crippen molar-refractivity contribution >= 4 is 122 Å². The maximum absolute atomic E-state index is 12.6. The highest BCUT2D eigenvalue weighted by Crippen LogP contribution is 2.17. The van der Waals surface area contributed by atoms with Gasteiger partial charge in [0.15, 0.2) is 39.3 Å². The number of nitrogens with one attached hydrogen (secondary N) is 9. The quantitative estimate of drug-likeness (QED) is 0.0235. The molecule has 0 fully saturated rings. The average Bonchev–Trinajstić information content (AvgIpc) is 0.816. The van der Waals surface area contributed by atoms with E-state index in [4.69, 9.17) is 55.5 Å². The number of carboxylic acids is 4. The lowest BCUT2D eigenvalue weighted by molar-refractivity contribution is -0.141. The van der Waals surface area contributed by atoms with Gasteiger partial charge in [0.2, 0.25) is 17.8 Å². The molecule has 0 aliphatic rings. The molecule has 9 aromatic rings. The van der Waals surface area contributed by atoms with E-state index in [9.17, 15) is 62.6 Å². The van der Waals surface area contributed by atoms with E-state index in [0.29, 0.717) is 78.7 Å². The van der Waals surface area contributed by atoms with Gasteiger partial charge >= 0.3 is 23.9 Å². The summed E-state index contributed by atoms with van der Waals surface area (Å²) in [6.07, 6.45) is 5.05. The van der Waals surface area contributed by atoms with Crippen molar-refractivity contribution in [1.29, 1.82) is 0 Å². The number of benzene rings is 3. The minimum atomic E-state index is -1.31. The lowest BCUT2D eigenvalue weighted by Crippen LogP contribution is -2.41. The largest absolute Gasteiger partial charge is 0.481 e. The molecule has 0 aliphatic heterocycles. The molecule has 3 aromatic carbocycles. The van der Waals surface area contributed by atoms with Crippen molar-refractivity contribution in [1.82, 2.24) is 75.8 Å². The van der Waals surface area contributed by atoms with Crippen molar-refractivity contribution in [3.63, 3.8) is 0 Å². The number of nitrogens with two attached hydrogens (primary N) is 7. The van der Waals surface area contributed by atoms with Gasteiger partial charge in [-0.05, 0) is 118 Å². The zero-order chi connectivity index (χ0) is 77.4. The SMILES string of the molecule is NCCCC(=O)C(CCC(=O)O)NC(=O)c1ccc(NCc2cnc3nc(N)[nH]c(=O)c3n2)cc1.NCCCC(=O)CCC(NC(=O)c1ccc(NCc2cnc3nc(N)[nH]c(=O)c3n2)cc1)C(=O)O.NCCN.Nc1nc2ncc(CNc3ccc(C(=O)NC(CCC(=O)O)C(=O)O)cc3)nc2c(=O)[nH]1. The molecule has 3 unspecified atom stereocenters. The highest BCUT2D eigenvalue weighted by Gasteiger charge is 2.25. The second-order valence-electron chi connectivity index (χ2n) is 22.8. The van der Waals surface area contributed by atoms with E-state index >= 15 is 0 Å². The zero-order valence-electron chi connectivity index (χ0n) is 56.7. The molecule has 3 atom stereocenters. The standard InChI is InChI=1S/2C22H26N8O5.C19H19N7O6.C2H8N2/c23-9-1-2-16(31)15(7-8-17(32)33)28-20(34)12-3-5-13(6-4-12)25-10-14-11-26-19-18(27-14)21(35)30-22(24)29-19;23-9-1-2-15(31)7-8-16(21(34)35)28-19(32)12-3-5-13(6-4-12)25-10-14-11-26-18-17(27-14)20(33)30-22(24)29-18;20-19-25-15-14(17(30)26-19)23-11(8-22-15)7-21-10-3-1-9(2-4-10)16(29)24-12(18(31)32)5-6-13(27)28;3-1-2-4/h3-6,11,15,25H,1-2,7-10,23H2,(H,28,34)(H,32,33)(H3,24,26,29,30,35);3-6,11,16,25H,1-2,7-10,23H2,(H,28,32)(H,34,35)(H3,24,26,29,30,33);1-4,8,12,21H,5-7H2,(H,24,29)(H,27,28)(H,31,32)(H3,20,22,25,26,30);1-4H2. The van der Waals surface area contributed by atoms with E-state index in [1.807, 2.05) is 0 Å². The number of fused-ring (bicyclic) bond motifs is 3. The summed E-state index contributed by atoms with van der Waals surface area (Å²) in [7, 11) is 0. The Morgan fingerprint density at radius 3 is 0.991 bits per heavy atom. The van der Waals surface area contributed by atoms with Crippen molar-refractivity contribution in [3.8, 4) is 0 Å². The number of nitrogens with zero attached hydrogens (tertiary/aromatic N) is 9. The fraction of sp³-hybridized carbons (Fsp3) is 0.308. The smallest absolute Gasteiger partial charge is 0.326 e. The number of hydrogen-bond acceptors (Lipinski definition) is 31. The van der Waals surface area contributed by atoms with Crippen molar-refractivity contribution < 1.29 is 63.6 Å². The van der Waals surface area contributed by atoms with Crippen LogP contribution in [0.15, 0.2) is 106 Å². The molecule has 0 aliphatic carbocycles. The van der Waals surface area contributed by atoms with Crippen molar-refractivity contribution in [2.45, 2.75) is 102 Å². The van der Waals surface area contributed by atoms with Crippen LogP contribution in [0.1, 0.15) is 112 Å². The third kappa shape index (κ3) is 26.2. The van der Waals surface area contributed by atoms with Crippen LogP contribution in [0.2, 0.25) is 0 Å². The fourth-order valence-electron chi connectivity index (χ4n) is 9.23. The van der Waals surface area contributed by atoms with Crippen LogP contribution in [0.3, 0.4) is 0 Å². The Hall–Kier alpha value is -13.4. The van der Waals surface area contributed by atoms with Crippen LogP contribution in [-0.2, 0) is 48.4 Å². The maximum Gasteiger partial charge on any atom is 0.326 e. The average molecular weight is 1470 g/mol. The number of Topliss-reactive ketones (excluding diaryl/α,β-unsaturated/α-hetero) is 2. The number of H-pyrrole nitrogens is 3. The van der Waals surface area contributed by atoms with Crippen LogP contribution in [-0.4, -0.2) is 178 Å². The molecule has 27 N–H and O–H groups in total. The predicted octanol–water partition coefficient (Wildman–Crippen LogP) is -0.784. The van der Waals surface area contributed by atoms with Crippen LogP contribution in [0.5, 0.6) is 0 Å². The minimum Gasteiger partial charge on any atom is -0.481 e. The summed E-state index contributed by atoms with van der Waals surface area (Å²) in [4.78, 5) is 185. The van der Waals surface area contributed by atoms with Gasteiger partial charge in [0.05, 0.1) is 61.3 Å². The van der Waals surface area contributed by atoms with E-state index in [2.05, 4.69) is 91.7 Å². The topological polar surface area (TPSA) is 703 Å². The Bertz CT molecular complexity index is 4750. The Morgan fingerprint density at radius 2 is 0.689 bits per heavy atom. The molecular formula is C65H79N25O16. The molecular weight excluding hydrogens is 1390 g/mol. The summed E-state index contributed by atoms with van der Waals surface area (Å²) in [5.41, 5.74) is 40.4. The van der Waals surface area contributed by atoms with Crippen LogP contribution in [0.4, 0.5) is 34.9 Å². The highest BCUT2D eigenvalue weighted by molar-refractivity contribution is 5.99. The van der Waals surface area contributed by atoms with Gasteiger partial charge in [0.1, 0.15) is 17.9 Å². The number of rotatable bonds is 34. The first-order valence-electron chi connectivity index (χ1n) is 32.4. The van der Waals surface area contributed by atoms with Gasteiger partial charge in [-0.2, -0.15) is 15.0 Å². The third-order valence-electron chi connectivity index (χ3n) is 14.7. The van der Waals surface area contributed by atoms with Crippen LogP contribution >= 0.6 is 0 Å². The summed E-state index contributed by atoms with van der Waals surface area (Å²) in [5, 5.41) is 52.8. The lowest BCUT2D eigenvalue weighted by Gasteiger charge is -2.17. The van der Waals surface area contributed by atoms with Crippen LogP contribution < -0.4 is 88.7 Å². The molecule has 560 valence electrons. The number of aromatic nitrogens is 12. The number of aromatic amines is 3. The number of carboxylic acid groups (broad SMARTS) is 4. The lowest BCUT2D eigenvalue weighted by atomic mass is 10.0. The van der Waals surface area contributed by atoms with Gasteiger partial charge in [0.25, 0.3) is 34.4 Å². The molecule has 106 heavy (non-hydrogen) atoms. The number of anilines is 6. The van der Waals surface area contributed by atoms with Crippen molar-refractivity contribution in [2.75, 3.05) is 59.3 Å². The molecule has 0 radical (unpaired) electrons. The molecule has 0 bridgehead atoms. The third-order valence-corrected chi connectivity index (χ3v) is 14.7. The van der Waals surface area contributed by atoms with Gasteiger partial charge < -0.3 is 92.5 Å². The molecule has 6 heterocycles. The van der Waals surface area contributed by atoms with E-state index in [1.165, 1.54) is 42.9 Å². The minimum absolute atomic E-state index is 0.00184. The number of aliphatic carboxylic acids is 4. The van der Waals surface area contributed by atoms with Crippen LogP contribution in [0.25, 0.3) is 33.5 Å². The summed E-state index contributed by atoms with van der Waals surface area (Å²) in [6, 6.07) is 15.6. The zero-order valence-corrected chi connectivity index (χ0v) is 56.7. The Balaban J connectivity index is 0.000000243. The molecule has 6 aromatic heterocycles. The van der Waals surface area contributed by atoms with Crippen molar-refractivity contribution in [3.05, 3.63) is 156 Å². The van der Waals surface area contributed by atoms with E-state index in [1.54, 1.807) is 48.5 Å². The number of ketones is 2. The summed E-state index contributed by atoms with van der Waals surface area (Å²) in [6.45, 7) is 2.64. The Morgan fingerprint density at radius 1 is 0.387 bits per heavy atom. The second kappa shape index (κ2) is 40.9. The first kappa shape index (κ1) is 81.6. The van der Waals surface area contributed by atoms with Crippen LogP contribution in [0, 0.1) is 0 Å². The van der Waals surface area contributed by atoms with E-state index in [-0.39, 0.29) is 145 Å². The van der Waals surface area contributed by atoms with Gasteiger partial charge in [-0.3, -0.25) is 62.9 Å².